The number of piperidine rings is 1. The van der Waals surface area contributed by atoms with Crippen LogP contribution in [0.4, 0.5) is 0 Å². The molecule has 1 aromatic carbocycles. The molecule has 1 fully saturated rings. The minimum absolute atomic E-state index is 0.128. The molecule has 7 nitrogen and oxygen atoms in total. The first kappa shape index (κ1) is 17.1. The van der Waals surface area contributed by atoms with Crippen molar-refractivity contribution in [3.63, 3.8) is 0 Å². The number of hydrogen-bond donors (Lipinski definition) is 2. The lowest BCUT2D eigenvalue weighted by Crippen LogP contribution is -2.26. The van der Waals surface area contributed by atoms with Gasteiger partial charge in [0.15, 0.2) is 11.5 Å². The summed E-state index contributed by atoms with van der Waals surface area (Å²) in [7, 11) is 0. The summed E-state index contributed by atoms with van der Waals surface area (Å²) in [5.41, 5.74) is 5.12. The van der Waals surface area contributed by atoms with E-state index in [4.69, 9.17) is 0 Å². The summed E-state index contributed by atoms with van der Waals surface area (Å²) in [6, 6.07) is 7.98. The van der Waals surface area contributed by atoms with Crippen LogP contribution in [0.15, 0.2) is 35.3 Å². The fraction of sp³-hybridized carbons (Fsp3) is 0.333. The van der Waals surface area contributed by atoms with Crippen molar-refractivity contribution in [3.05, 3.63) is 57.6 Å². The van der Waals surface area contributed by atoms with Gasteiger partial charge < -0.3 is 10.3 Å². The molecule has 0 amide bonds. The molecular formula is C21H22N6O. The Hall–Kier alpha value is -3.06. The second-order valence-corrected chi connectivity index (χ2v) is 7.58. The topological polar surface area (TPSA) is 88.0 Å². The molecule has 5 rings (SSSR count). The van der Waals surface area contributed by atoms with Gasteiger partial charge >= 0.3 is 0 Å². The van der Waals surface area contributed by atoms with E-state index in [0.29, 0.717) is 28.3 Å². The van der Waals surface area contributed by atoms with E-state index in [0.717, 1.165) is 42.8 Å². The van der Waals surface area contributed by atoms with Gasteiger partial charge in [0, 0.05) is 0 Å². The molecule has 0 aliphatic carbocycles. The van der Waals surface area contributed by atoms with E-state index < -0.39 is 0 Å². The predicted octanol–water partition coefficient (Wildman–Crippen LogP) is 2.72. The van der Waals surface area contributed by atoms with Crippen LogP contribution >= 0.6 is 0 Å². The number of fused-ring (bicyclic) bond motifs is 2. The number of hydrogen-bond acceptors (Lipinski definition) is 5. The molecular weight excluding hydrogens is 352 g/mol. The third-order valence-electron chi connectivity index (χ3n) is 5.51. The van der Waals surface area contributed by atoms with Crippen LogP contribution in [-0.4, -0.2) is 37.7 Å². The number of aromatic nitrogens is 5. The highest BCUT2D eigenvalue weighted by Gasteiger charge is 2.17. The zero-order valence-electron chi connectivity index (χ0n) is 16.0. The molecule has 3 aromatic heterocycles. The Kier molecular flexibility index (Phi) is 3.98. The lowest BCUT2D eigenvalue weighted by atomic mass is 9.89. The molecule has 142 valence electrons. The quantitative estimate of drug-likeness (QED) is 0.563. The normalized spacial score (nSPS) is 15.5. The van der Waals surface area contributed by atoms with Crippen molar-refractivity contribution in [2.45, 2.75) is 32.6 Å². The number of nitrogens with zero attached hydrogens (tertiary/aromatic N) is 4. The predicted molar refractivity (Wildman–Crippen MR) is 109 cm³/mol. The number of rotatable bonds is 2. The maximum absolute atomic E-state index is 12.8. The summed E-state index contributed by atoms with van der Waals surface area (Å²) in [6.45, 7) is 5.97. The van der Waals surface area contributed by atoms with E-state index in [1.807, 2.05) is 38.2 Å². The average molecular weight is 374 g/mol. The van der Waals surface area contributed by atoms with Crippen LogP contribution in [0.1, 0.15) is 35.6 Å². The van der Waals surface area contributed by atoms with Crippen molar-refractivity contribution in [3.8, 4) is 11.5 Å². The molecule has 0 saturated carbocycles. The van der Waals surface area contributed by atoms with Crippen LogP contribution in [0.5, 0.6) is 0 Å². The van der Waals surface area contributed by atoms with E-state index in [9.17, 15) is 4.79 Å². The first-order valence-corrected chi connectivity index (χ1v) is 9.67. The van der Waals surface area contributed by atoms with Gasteiger partial charge in [-0.15, -0.1) is 0 Å². The molecule has 0 unspecified atom stereocenters. The van der Waals surface area contributed by atoms with Crippen molar-refractivity contribution >= 4 is 16.6 Å². The Labute approximate surface area is 161 Å². The van der Waals surface area contributed by atoms with Gasteiger partial charge in [0.1, 0.15) is 5.69 Å². The van der Waals surface area contributed by atoms with E-state index in [1.165, 1.54) is 5.56 Å². The molecule has 0 radical (unpaired) electrons. The fourth-order valence-electron chi connectivity index (χ4n) is 4.05. The van der Waals surface area contributed by atoms with Crippen LogP contribution in [0.2, 0.25) is 0 Å². The first-order chi connectivity index (χ1) is 13.6. The Morgan fingerprint density at radius 3 is 2.75 bits per heavy atom. The van der Waals surface area contributed by atoms with Crippen LogP contribution in [0.25, 0.3) is 28.1 Å². The maximum atomic E-state index is 12.8. The van der Waals surface area contributed by atoms with Crippen LogP contribution in [-0.2, 0) is 0 Å². The van der Waals surface area contributed by atoms with Gasteiger partial charge in [-0.05, 0) is 75.0 Å². The lowest BCUT2D eigenvalue weighted by Gasteiger charge is -2.23. The van der Waals surface area contributed by atoms with Gasteiger partial charge in [0.25, 0.3) is 5.56 Å². The summed E-state index contributed by atoms with van der Waals surface area (Å²) in [6.07, 6.45) is 4.07. The number of H-pyrrole nitrogens is 1. The minimum Gasteiger partial charge on any atom is -0.317 e. The van der Waals surface area contributed by atoms with Crippen molar-refractivity contribution in [1.82, 2.24) is 29.9 Å². The molecule has 7 heteroatoms. The second kappa shape index (κ2) is 6.53. The van der Waals surface area contributed by atoms with Gasteiger partial charge in [-0.1, -0.05) is 6.07 Å². The number of aryl methyl sites for hydroxylation is 2. The molecule has 1 aliphatic heterocycles. The summed E-state index contributed by atoms with van der Waals surface area (Å²) in [5, 5.41) is 8.60. The first-order valence-electron chi connectivity index (χ1n) is 9.67. The molecule has 4 heterocycles. The van der Waals surface area contributed by atoms with Gasteiger partial charge in [0.2, 0.25) is 0 Å². The molecule has 0 spiro atoms. The number of aromatic amines is 1. The van der Waals surface area contributed by atoms with Gasteiger partial charge in [-0.3, -0.25) is 4.79 Å². The molecule has 2 N–H and O–H groups in total. The molecule has 1 saturated heterocycles. The van der Waals surface area contributed by atoms with Crippen molar-refractivity contribution < 1.29 is 0 Å². The third-order valence-corrected chi connectivity index (χ3v) is 5.51. The highest BCUT2D eigenvalue weighted by Crippen LogP contribution is 2.27. The maximum Gasteiger partial charge on any atom is 0.259 e. The largest absolute Gasteiger partial charge is 0.317 e. The van der Waals surface area contributed by atoms with Crippen LogP contribution < -0.4 is 10.9 Å². The smallest absolute Gasteiger partial charge is 0.259 e. The standard InChI is InChI=1S/C21H22N6O/c1-12-9-18(26-27-11-13(2)23-20(12)27)19-24-17-4-3-15(10-16(17)21(28)25-19)14-5-7-22-8-6-14/h3-4,9-11,14,22H,5-8H2,1-2H3,(H,24,25,28). The van der Waals surface area contributed by atoms with Crippen LogP contribution in [0, 0.1) is 13.8 Å². The van der Waals surface area contributed by atoms with Crippen molar-refractivity contribution in [1.29, 1.82) is 0 Å². The third kappa shape index (κ3) is 2.88. The van der Waals surface area contributed by atoms with E-state index in [2.05, 4.69) is 31.4 Å². The van der Waals surface area contributed by atoms with Crippen LogP contribution in [0.3, 0.4) is 0 Å². The molecule has 4 aromatic rings. The number of imidazole rings is 1. The molecule has 0 bridgehead atoms. The Bertz CT molecular complexity index is 1250. The Balaban J connectivity index is 1.60. The number of nitrogens with one attached hydrogen (secondary N) is 2. The van der Waals surface area contributed by atoms with Crippen molar-refractivity contribution in [2.24, 2.45) is 0 Å². The lowest BCUT2D eigenvalue weighted by molar-refractivity contribution is 0.460. The average Bonchev–Trinajstić information content (AvgIpc) is 3.09. The number of benzene rings is 1. The van der Waals surface area contributed by atoms with Gasteiger partial charge in [0.05, 0.1) is 22.8 Å². The molecule has 1 aliphatic rings. The highest BCUT2D eigenvalue weighted by molar-refractivity contribution is 5.80. The van der Waals surface area contributed by atoms with E-state index >= 15 is 0 Å². The monoisotopic (exact) mass is 374 g/mol. The van der Waals surface area contributed by atoms with Gasteiger partial charge in [-0.25, -0.2) is 14.5 Å². The van der Waals surface area contributed by atoms with Gasteiger partial charge in [-0.2, -0.15) is 5.10 Å². The summed E-state index contributed by atoms with van der Waals surface area (Å²) >= 11 is 0. The Morgan fingerprint density at radius 2 is 1.93 bits per heavy atom. The zero-order chi connectivity index (χ0) is 19.3. The van der Waals surface area contributed by atoms with E-state index in [-0.39, 0.29) is 5.56 Å². The summed E-state index contributed by atoms with van der Waals surface area (Å²) in [5.74, 6) is 0.976. The Morgan fingerprint density at radius 1 is 1.11 bits per heavy atom. The minimum atomic E-state index is -0.128. The molecule has 0 atom stereocenters. The SMILES string of the molecule is Cc1cn2nc(-c3nc4ccc(C5CCNCC5)cc4c(=O)[nH]3)cc(C)c2n1. The van der Waals surface area contributed by atoms with E-state index in [1.54, 1.807) is 4.52 Å². The highest BCUT2D eigenvalue weighted by atomic mass is 16.1. The van der Waals surface area contributed by atoms with Crippen molar-refractivity contribution in [2.75, 3.05) is 13.1 Å². The molecule has 28 heavy (non-hydrogen) atoms. The fourth-order valence-corrected chi connectivity index (χ4v) is 4.05. The zero-order valence-corrected chi connectivity index (χ0v) is 16.0. The summed E-state index contributed by atoms with van der Waals surface area (Å²) in [4.78, 5) is 24.9. The summed E-state index contributed by atoms with van der Waals surface area (Å²) < 4.78 is 1.74. The second-order valence-electron chi connectivity index (χ2n) is 7.58.